The molecule has 1 aliphatic carbocycles. The molecule has 1 unspecified atom stereocenters. The predicted octanol–water partition coefficient (Wildman–Crippen LogP) is -0.707. The standard InChI is InChI=1S/C9H18N2O3/c10-7(8(12)13)5-11-6-9(14)3-1-2-4-9/h7,11,14H,1-6,10H2,(H,12,13). The van der Waals surface area contributed by atoms with Crippen LogP contribution in [0.25, 0.3) is 0 Å². The van der Waals surface area contributed by atoms with Crippen molar-refractivity contribution in [2.24, 2.45) is 5.73 Å². The Kier molecular flexibility index (Phi) is 3.86. The van der Waals surface area contributed by atoms with Gasteiger partial charge in [-0.2, -0.15) is 0 Å². The first kappa shape index (κ1) is 11.4. The molecule has 5 heteroatoms. The molecule has 1 fully saturated rings. The summed E-state index contributed by atoms with van der Waals surface area (Å²) in [5, 5.41) is 21.3. The Morgan fingerprint density at radius 3 is 2.57 bits per heavy atom. The molecule has 0 aromatic carbocycles. The highest BCUT2D eigenvalue weighted by atomic mass is 16.4. The molecule has 5 nitrogen and oxygen atoms in total. The lowest BCUT2D eigenvalue weighted by Crippen LogP contribution is -2.45. The maximum atomic E-state index is 10.4. The summed E-state index contributed by atoms with van der Waals surface area (Å²) < 4.78 is 0. The van der Waals surface area contributed by atoms with Crippen LogP contribution < -0.4 is 11.1 Å². The van der Waals surface area contributed by atoms with E-state index >= 15 is 0 Å². The van der Waals surface area contributed by atoms with Crippen molar-refractivity contribution >= 4 is 5.97 Å². The van der Waals surface area contributed by atoms with Gasteiger partial charge >= 0.3 is 5.97 Å². The fourth-order valence-corrected chi connectivity index (χ4v) is 1.76. The Labute approximate surface area is 83.3 Å². The molecule has 0 aromatic heterocycles. The summed E-state index contributed by atoms with van der Waals surface area (Å²) >= 11 is 0. The van der Waals surface area contributed by atoms with Crippen molar-refractivity contribution in [1.29, 1.82) is 0 Å². The van der Waals surface area contributed by atoms with E-state index in [-0.39, 0.29) is 6.54 Å². The second-order valence-electron chi connectivity index (χ2n) is 4.01. The van der Waals surface area contributed by atoms with Crippen LogP contribution in [-0.4, -0.2) is 40.9 Å². The summed E-state index contributed by atoms with van der Waals surface area (Å²) in [7, 11) is 0. The fraction of sp³-hybridized carbons (Fsp3) is 0.889. The number of rotatable bonds is 5. The van der Waals surface area contributed by atoms with Gasteiger partial charge in [-0.15, -0.1) is 0 Å². The summed E-state index contributed by atoms with van der Waals surface area (Å²) in [5.74, 6) is -1.02. The molecule has 1 rings (SSSR count). The van der Waals surface area contributed by atoms with Crippen molar-refractivity contribution in [2.75, 3.05) is 13.1 Å². The lowest BCUT2D eigenvalue weighted by molar-refractivity contribution is -0.138. The van der Waals surface area contributed by atoms with Gasteiger partial charge in [0.15, 0.2) is 0 Å². The van der Waals surface area contributed by atoms with E-state index < -0.39 is 17.6 Å². The van der Waals surface area contributed by atoms with Gasteiger partial charge in [0.05, 0.1) is 5.60 Å². The number of carboxylic acids is 1. The number of nitrogens with one attached hydrogen (secondary N) is 1. The molecule has 0 aliphatic heterocycles. The number of carboxylic acid groups (broad SMARTS) is 1. The largest absolute Gasteiger partial charge is 0.480 e. The van der Waals surface area contributed by atoms with Gasteiger partial charge in [-0.1, -0.05) is 12.8 Å². The number of aliphatic hydroxyl groups is 1. The van der Waals surface area contributed by atoms with Crippen LogP contribution >= 0.6 is 0 Å². The van der Waals surface area contributed by atoms with Crippen LogP contribution in [0.1, 0.15) is 25.7 Å². The lowest BCUT2D eigenvalue weighted by Gasteiger charge is -2.22. The Morgan fingerprint density at radius 2 is 2.07 bits per heavy atom. The monoisotopic (exact) mass is 202 g/mol. The molecule has 82 valence electrons. The first-order valence-electron chi connectivity index (χ1n) is 4.95. The highest BCUT2D eigenvalue weighted by Gasteiger charge is 2.30. The minimum Gasteiger partial charge on any atom is -0.480 e. The van der Waals surface area contributed by atoms with Gasteiger partial charge in [0.25, 0.3) is 0 Å². The number of hydrogen-bond acceptors (Lipinski definition) is 4. The summed E-state index contributed by atoms with van der Waals surface area (Å²) in [6.07, 6.45) is 3.68. The molecule has 0 bridgehead atoms. The summed E-state index contributed by atoms with van der Waals surface area (Å²) in [5.41, 5.74) is 4.66. The molecule has 0 spiro atoms. The molecule has 0 aromatic rings. The van der Waals surface area contributed by atoms with Gasteiger partial charge in [0.1, 0.15) is 6.04 Å². The lowest BCUT2D eigenvalue weighted by atomic mass is 10.0. The van der Waals surface area contributed by atoms with Gasteiger partial charge in [0.2, 0.25) is 0 Å². The molecule has 1 atom stereocenters. The maximum absolute atomic E-state index is 10.4. The number of carbonyl (C=O) groups is 1. The van der Waals surface area contributed by atoms with Gasteiger partial charge in [0, 0.05) is 13.1 Å². The molecule has 0 amide bonds. The van der Waals surface area contributed by atoms with Crippen molar-refractivity contribution in [2.45, 2.75) is 37.3 Å². The zero-order chi connectivity index (χ0) is 10.6. The van der Waals surface area contributed by atoms with E-state index in [0.717, 1.165) is 25.7 Å². The van der Waals surface area contributed by atoms with Crippen LogP contribution in [-0.2, 0) is 4.79 Å². The van der Waals surface area contributed by atoms with Gasteiger partial charge in [-0.3, -0.25) is 4.79 Å². The molecule has 0 heterocycles. The molecule has 14 heavy (non-hydrogen) atoms. The molecule has 1 aliphatic rings. The van der Waals surface area contributed by atoms with Crippen LogP contribution in [0.15, 0.2) is 0 Å². The number of nitrogens with two attached hydrogens (primary N) is 1. The third-order valence-corrected chi connectivity index (χ3v) is 2.67. The van der Waals surface area contributed by atoms with Gasteiger partial charge < -0.3 is 21.3 Å². The van der Waals surface area contributed by atoms with E-state index in [1.54, 1.807) is 0 Å². The molecule has 5 N–H and O–H groups in total. The summed E-state index contributed by atoms with van der Waals surface area (Å²) in [4.78, 5) is 10.4. The number of aliphatic carboxylic acids is 1. The Balaban J connectivity index is 2.17. The highest BCUT2D eigenvalue weighted by Crippen LogP contribution is 2.28. The second-order valence-corrected chi connectivity index (χ2v) is 4.01. The van der Waals surface area contributed by atoms with E-state index in [4.69, 9.17) is 10.8 Å². The van der Waals surface area contributed by atoms with Crippen molar-refractivity contribution in [3.8, 4) is 0 Å². The van der Waals surface area contributed by atoms with Crippen molar-refractivity contribution in [3.63, 3.8) is 0 Å². The quantitative estimate of drug-likeness (QED) is 0.472. The summed E-state index contributed by atoms with van der Waals surface area (Å²) in [6.45, 7) is 0.644. The molecular weight excluding hydrogens is 184 g/mol. The minimum atomic E-state index is -1.02. The van der Waals surface area contributed by atoms with E-state index in [9.17, 15) is 9.90 Å². The smallest absolute Gasteiger partial charge is 0.321 e. The number of hydrogen-bond donors (Lipinski definition) is 4. The zero-order valence-electron chi connectivity index (χ0n) is 8.20. The van der Waals surface area contributed by atoms with Crippen molar-refractivity contribution < 1.29 is 15.0 Å². The van der Waals surface area contributed by atoms with Crippen molar-refractivity contribution in [3.05, 3.63) is 0 Å². The Morgan fingerprint density at radius 1 is 1.50 bits per heavy atom. The molecule has 1 saturated carbocycles. The zero-order valence-corrected chi connectivity index (χ0v) is 8.20. The molecule has 0 saturated heterocycles. The SMILES string of the molecule is NC(CNCC1(O)CCCC1)C(=O)O. The second kappa shape index (κ2) is 4.72. The van der Waals surface area contributed by atoms with Crippen molar-refractivity contribution in [1.82, 2.24) is 5.32 Å². The molecule has 0 radical (unpaired) electrons. The Bertz CT molecular complexity index is 202. The van der Waals surface area contributed by atoms with Gasteiger partial charge in [-0.05, 0) is 12.8 Å². The first-order chi connectivity index (χ1) is 6.53. The average Bonchev–Trinajstić information content (AvgIpc) is 2.52. The van der Waals surface area contributed by atoms with E-state index in [1.807, 2.05) is 0 Å². The van der Waals surface area contributed by atoms with Crippen LogP contribution in [0, 0.1) is 0 Å². The van der Waals surface area contributed by atoms with Crippen LogP contribution in [0.4, 0.5) is 0 Å². The Hall–Kier alpha value is -0.650. The highest BCUT2D eigenvalue weighted by molar-refractivity contribution is 5.73. The summed E-state index contributed by atoms with van der Waals surface area (Å²) in [6, 6.07) is -0.889. The average molecular weight is 202 g/mol. The normalized spacial score (nSPS) is 22.1. The third-order valence-electron chi connectivity index (χ3n) is 2.67. The van der Waals surface area contributed by atoms with Gasteiger partial charge in [-0.25, -0.2) is 0 Å². The van der Waals surface area contributed by atoms with E-state index in [2.05, 4.69) is 5.32 Å². The first-order valence-corrected chi connectivity index (χ1v) is 4.95. The predicted molar refractivity (Wildman–Crippen MR) is 51.9 cm³/mol. The fourth-order valence-electron chi connectivity index (χ4n) is 1.76. The molecular formula is C9H18N2O3. The topological polar surface area (TPSA) is 95.6 Å². The van der Waals surface area contributed by atoms with Crippen LogP contribution in [0.3, 0.4) is 0 Å². The van der Waals surface area contributed by atoms with E-state index in [1.165, 1.54) is 0 Å². The third kappa shape index (κ3) is 3.25. The van der Waals surface area contributed by atoms with Crippen LogP contribution in [0.5, 0.6) is 0 Å². The van der Waals surface area contributed by atoms with Crippen LogP contribution in [0.2, 0.25) is 0 Å². The van der Waals surface area contributed by atoms with E-state index in [0.29, 0.717) is 6.54 Å². The maximum Gasteiger partial charge on any atom is 0.321 e. The minimum absolute atomic E-state index is 0.206.